The molecule has 2 N–H and O–H groups in total. The van der Waals surface area contributed by atoms with Gasteiger partial charge in [0.15, 0.2) is 0 Å². The Balaban J connectivity index is 2.69. The van der Waals surface area contributed by atoms with E-state index in [4.69, 9.17) is 15.2 Å². The zero-order valence-corrected chi connectivity index (χ0v) is 9.62. The Morgan fingerprint density at radius 2 is 2.13 bits per heavy atom. The molecule has 1 unspecified atom stereocenters. The van der Waals surface area contributed by atoms with Crippen LogP contribution in [0.2, 0.25) is 0 Å². The molecule has 0 heterocycles. The zero-order chi connectivity index (χ0) is 11.3. The van der Waals surface area contributed by atoms with Crippen molar-refractivity contribution < 1.29 is 9.47 Å². The van der Waals surface area contributed by atoms with Crippen molar-refractivity contribution in [3.63, 3.8) is 0 Å². The van der Waals surface area contributed by atoms with E-state index in [1.165, 1.54) is 0 Å². The number of hydrogen-bond acceptors (Lipinski definition) is 3. The van der Waals surface area contributed by atoms with E-state index in [9.17, 15) is 0 Å². The molecule has 0 aliphatic rings. The van der Waals surface area contributed by atoms with Gasteiger partial charge in [-0.25, -0.2) is 0 Å². The van der Waals surface area contributed by atoms with E-state index in [-0.39, 0.29) is 6.10 Å². The van der Waals surface area contributed by atoms with Gasteiger partial charge >= 0.3 is 0 Å². The molecular weight excluding hydrogens is 190 g/mol. The third kappa shape index (κ3) is 3.53. The van der Waals surface area contributed by atoms with Crippen molar-refractivity contribution in [2.75, 3.05) is 13.7 Å². The molecule has 1 aromatic carbocycles. The summed E-state index contributed by atoms with van der Waals surface area (Å²) in [5.74, 6) is 0.900. The molecular formula is C12H19NO2. The Kier molecular flexibility index (Phi) is 4.59. The van der Waals surface area contributed by atoms with Crippen molar-refractivity contribution in [2.24, 2.45) is 5.73 Å². The summed E-state index contributed by atoms with van der Waals surface area (Å²) in [7, 11) is 1.67. The van der Waals surface area contributed by atoms with Crippen LogP contribution in [0.5, 0.6) is 5.75 Å². The molecule has 0 saturated heterocycles. The van der Waals surface area contributed by atoms with Crippen LogP contribution in [-0.2, 0) is 11.3 Å². The second-order valence-corrected chi connectivity index (χ2v) is 3.69. The number of hydrogen-bond donors (Lipinski definition) is 1. The summed E-state index contributed by atoms with van der Waals surface area (Å²) in [6.45, 7) is 5.17. The molecule has 1 rings (SSSR count). The maximum Gasteiger partial charge on any atom is 0.122 e. The molecule has 3 heteroatoms. The average molecular weight is 209 g/mol. The molecule has 0 spiro atoms. The quantitative estimate of drug-likeness (QED) is 0.805. The second-order valence-electron chi connectivity index (χ2n) is 3.69. The number of ether oxygens (including phenoxy) is 2. The molecule has 0 radical (unpaired) electrons. The van der Waals surface area contributed by atoms with Gasteiger partial charge in [-0.3, -0.25) is 0 Å². The molecule has 0 fully saturated rings. The van der Waals surface area contributed by atoms with Gasteiger partial charge in [0.2, 0.25) is 0 Å². The van der Waals surface area contributed by atoms with Crippen molar-refractivity contribution in [3.05, 3.63) is 29.3 Å². The maximum absolute atomic E-state index is 5.72. The van der Waals surface area contributed by atoms with Crippen LogP contribution in [0.15, 0.2) is 18.2 Å². The SMILES string of the molecule is COCC(C)Oc1ccc(CN)cc1C. The third-order valence-electron chi connectivity index (χ3n) is 2.20. The van der Waals surface area contributed by atoms with Gasteiger partial charge in [0.05, 0.1) is 6.61 Å². The molecule has 84 valence electrons. The van der Waals surface area contributed by atoms with Crippen LogP contribution in [0.4, 0.5) is 0 Å². The average Bonchev–Trinajstić information content (AvgIpc) is 2.21. The van der Waals surface area contributed by atoms with Crippen molar-refractivity contribution in [3.8, 4) is 5.75 Å². The molecule has 0 bridgehead atoms. The highest BCUT2D eigenvalue weighted by atomic mass is 16.5. The Bertz CT molecular complexity index is 312. The van der Waals surface area contributed by atoms with E-state index < -0.39 is 0 Å². The number of benzene rings is 1. The summed E-state index contributed by atoms with van der Waals surface area (Å²) in [6.07, 6.45) is 0.0671. The molecule has 0 aliphatic heterocycles. The van der Waals surface area contributed by atoms with E-state index >= 15 is 0 Å². The van der Waals surface area contributed by atoms with Crippen LogP contribution < -0.4 is 10.5 Å². The van der Waals surface area contributed by atoms with Crippen LogP contribution >= 0.6 is 0 Å². The third-order valence-corrected chi connectivity index (χ3v) is 2.20. The summed E-state index contributed by atoms with van der Waals surface area (Å²) in [5, 5.41) is 0. The molecule has 0 aromatic heterocycles. The van der Waals surface area contributed by atoms with Gasteiger partial charge < -0.3 is 15.2 Å². The van der Waals surface area contributed by atoms with E-state index in [0.717, 1.165) is 16.9 Å². The highest BCUT2D eigenvalue weighted by molar-refractivity contribution is 5.36. The smallest absolute Gasteiger partial charge is 0.122 e. The van der Waals surface area contributed by atoms with Crippen LogP contribution in [0, 0.1) is 6.92 Å². The Morgan fingerprint density at radius 3 is 2.67 bits per heavy atom. The lowest BCUT2D eigenvalue weighted by atomic mass is 10.1. The van der Waals surface area contributed by atoms with Gasteiger partial charge in [-0.05, 0) is 31.0 Å². The lowest BCUT2D eigenvalue weighted by Crippen LogP contribution is -2.18. The first-order valence-corrected chi connectivity index (χ1v) is 5.12. The first-order valence-electron chi connectivity index (χ1n) is 5.12. The van der Waals surface area contributed by atoms with E-state index in [1.54, 1.807) is 7.11 Å². The fourth-order valence-corrected chi connectivity index (χ4v) is 1.46. The van der Waals surface area contributed by atoms with E-state index in [2.05, 4.69) is 6.07 Å². The standard InChI is InChI=1S/C12H19NO2/c1-9-6-11(7-13)4-5-12(9)15-10(2)8-14-3/h4-6,10H,7-8,13H2,1-3H3. The maximum atomic E-state index is 5.72. The Morgan fingerprint density at radius 1 is 1.40 bits per heavy atom. The van der Waals surface area contributed by atoms with Crippen LogP contribution in [0.3, 0.4) is 0 Å². The molecule has 3 nitrogen and oxygen atoms in total. The van der Waals surface area contributed by atoms with Crippen molar-refractivity contribution in [2.45, 2.75) is 26.5 Å². The zero-order valence-electron chi connectivity index (χ0n) is 9.62. The van der Waals surface area contributed by atoms with Crippen LogP contribution in [0.1, 0.15) is 18.1 Å². The van der Waals surface area contributed by atoms with E-state index in [0.29, 0.717) is 13.2 Å². The molecule has 15 heavy (non-hydrogen) atoms. The number of nitrogens with two attached hydrogens (primary N) is 1. The molecule has 0 amide bonds. The fourth-order valence-electron chi connectivity index (χ4n) is 1.46. The van der Waals surface area contributed by atoms with Gasteiger partial charge in [0.1, 0.15) is 11.9 Å². The van der Waals surface area contributed by atoms with Gasteiger partial charge in [-0.15, -0.1) is 0 Å². The van der Waals surface area contributed by atoms with Gasteiger partial charge in [-0.1, -0.05) is 12.1 Å². The first kappa shape index (κ1) is 12.0. The normalized spacial score (nSPS) is 12.5. The van der Waals surface area contributed by atoms with Crippen molar-refractivity contribution in [1.82, 2.24) is 0 Å². The first-order chi connectivity index (χ1) is 7.17. The van der Waals surface area contributed by atoms with Crippen LogP contribution in [-0.4, -0.2) is 19.8 Å². The molecule has 1 aromatic rings. The minimum atomic E-state index is 0.0671. The molecule has 0 aliphatic carbocycles. The highest BCUT2D eigenvalue weighted by Gasteiger charge is 2.06. The summed E-state index contributed by atoms with van der Waals surface area (Å²) in [5.41, 5.74) is 7.79. The highest BCUT2D eigenvalue weighted by Crippen LogP contribution is 2.20. The van der Waals surface area contributed by atoms with E-state index in [1.807, 2.05) is 26.0 Å². The van der Waals surface area contributed by atoms with Gasteiger partial charge in [0.25, 0.3) is 0 Å². The monoisotopic (exact) mass is 209 g/mol. The fraction of sp³-hybridized carbons (Fsp3) is 0.500. The second kappa shape index (κ2) is 5.73. The molecule has 0 saturated carbocycles. The van der Waals surface area contributed by atoms with Gasteiger partial charge in [0, 0.05) is 13.7 Å². The van der Waals surface area contributed by atoms with Gasteiger partial charge in [-0.2, -0.15) is 0 Å². The summed E-state index contributed by atoms with van der Waals surface area (Å²) in [4.78, 5) is 0. The minimum absolute atomic E-state index is 0.0671. The Labute approximate surface area is 91.2 Å². The summed E-state index contributed by atoms with van der Waals surface area (Å²) < 4.78 is 10.7. The predicted molar refractivity (Wildman–Crippen MR) is 61.0 cm³/mol. The topological polar surface area (TPSA) is 44.5 Å². The number of aryl methyl sites for hydroxylation is 1. The van der Waals surface area contributed by atoms with Crippen LogP contribution in [0.25, 0.3) is 0 Å². The Hall–Kier alpha value is -1.06. The largest absolute Gasteiger partial charge is 0.488 e. The molecule has 1 atom stereocenters. The predicted octanol–water partition coefficient (Wildman–Crippen LogP) is 1.87. The lowest BCUT2D eigenvalue weighted by molar-refractivity contribution is 0.0916. The van der Waals surface area contributed by atoms with Crippen molar-refractivity contribution >= 4 is 0 Å². The summed E-state index contributed by atoms with van der Waals surface area (Å²) >= 11 is 0. The van der Waals surface area contributed by atoms with Crippen molar-refractivity contribution in [1.29, 1.82) is 0 Å². The minimum Gasteiger partial charge on any atom is -0.488 e. The summed E-state index contributed by atoms with van der Waals surface area (Å²) in [6, 6.07) is 6.00. The number of rotatable bonds is 5. The lowest BCUT2D eigenvalue weighted by Gasteiger charge is -2.16. The number of methoxy groups -OCH3 is 1.